The minimum atomic E-state index is -0.940. The average Bonchev–Trinajstić information content (AvgIpc) is 3.04. The third-order valence-electron chi connectivity index (χ3n) is 2.50. The van der Waals surface area contributed by atoms with Crippen molar-refractivity contribution in [3.05, 3.63) is 0 Å². The molecule has 1 aliphatic carbocycles. The van der Waals surface area contributed by atoms with Crippen molar-refractivity contribution in [1.29, 1.82) is 0 Å². The monoisotopic (exact) mass is 229 g/mol. The first-order valence-corrected chi connectivity index (χ1v) is 5.74. The maximum Gasteiger partial charge on any atom is 0.323 e. The fourth-order valence-electron chi connectivity index (χ4n) is 1.57. The van der Waals surface area contributed by atoms with E-state index in [0.29, 0.717) is 26.1 Å². The van der Waals surface area contributed by atoms with Crippen molar-refractivity contribution in [2.45, 2.75) is 38.6 Å². The molecule has 1 saturated carbocycles. The van der Waals surface area contributed by atoms with Crippen molar-refractivity contribution in [3.8, 4) is 0 Å². The minimum absolute atomic E-state index is 0.0652. The van der Waals surface area contributed by atoms with Gasteiger partial charge in [0, 0.05) is 25.7 Å². The number of nitrogens with zero attached hydrogens (tertiary/aromatic N) is 1. The van der Waals surface area contributed by atoms with Crippen molar-refractivity contribution >= 4 is 11.9 Å². The Morgan fingerprint density at radius 1 is 1.44 bits per heavy atom. The van der Waals surface area contributed by atoms with E-state index in [1.807, 2.05) is 6.92 Å². The largest absolute Gasteiger partial charge is 0.480 e. The predicted octanol–water partition coefficient (Wildman–Crippen LogP) is 0.879. The van der Waals surface area contributed by atoms with Crippen molar-refractivity contribution in [2.75, 3.05) is 19.8 Å². The zero-order chi connectivity index (χ0) is 12.0. The van der Waals surface area contributed by atoms with Gasteiger partial charge in [-0.2, -0.15) is 0 Å². The van der Waals surface area contributed by atoms with Crippen LogP contribution in [-0.2, 0) is 14.3 Å². The fraction of sp³-hybridized carbons (Fsp3) is 0.818. The SMILES string of the molecule is CCOCCCC(=O)N(CC(=O)O)C1CC1. The van der Waals surface area contributed by atoms with Crippen molar-refractivity contribution in [3.63, 3.8) is 0 Å². The van der Waals surface area contributed by atoms with Crippen LogP contribution in [0.4, 0.5) is 0 Å². The summed E-state index contributed by atoms with van der Waals surface area (Å²) in [7, 11) is 0. The van der Waals surface area contributed by atoms with E-state index >= 15 is 0 Å². The second-order valence-corrected chi connectivity index (χ2v) is 3.95. The standard InChI is InChI=1S/C11H19NO4/c1-2-16-7-3-4-10(13)12(8-11(14)15)9-5-6-9/h9H,2-8H2,1H3,(H,14,15). The molecule has 0 aromatic rings. The molecule has 0 spiro atoms. The van der Waals surface area contributed by atoms with Gasteiger partial charge in [-0.15, -0.1) is 0 Å². The van der Waals surface area contributed by atoms with Gasteiger partial charge in [-0.3, -0.25) is 9.59 Å². The number of hydrogen-bond donors (Lipinski definition) is 1. The summed E-state index contributed by atoms with van der Waals surface area (Å²) in [6.07, 6.45) is 2.91. The molecule has 0 atom stereocenters. The lowest BCUT2D eigenvalue weighted by atomic mass is 10.2. The molecule has 0 aromatic heterocycles. The molecule has 1 fully saturated rings. The average molecular weight is 229 g/mol. The number of aliphatic carboxylic acids is 1. The number of carboxylic acid groups (broad SMARTS) is 1. The van der Waals surface area contributed by atoms with Gasteiger partial charge in [0.2, 0.25) is 5.91 Å². The van der Waals surface area contributed by atoms with Crippen molar-refractivity contribution in [2.24, 2.45) is 0 Å². The Labute approximate surface area is 95.4 Å². The summed E-state index contributed by atoms with van der Waals surface area (Å²) in [5.41, 5.74) is 0. The summed E-state index contributed by atoms with van der Waals surface area (Å²) in [6, 6.07) is 0.163. The molecule has 0 saturated heterocycles. The smallest absolute Gasteiger partial charge is 0.323 e. The lowest BCUT2D eigenvalue weighted by Crippen LogP contribution is -2.37. The molecule has 5 heteroatoms. The van der Waals surface area contributed by atoms with Gasteiger partial charge in [-0.1, -0.05) is 0 Å². The second kappa shape index (κ2) is 6.48. The highest BCUT2D eigenvalue weighted by atomic mass is 16.5. The zero-order valence-electron chi connectivity index (χ0n) is 9.65. The van der Waals surface area contributed by atoms with Crippen molar-refractivity contribution in [1.82, 2.24) is 4.90 Å². The number of carbonyl (C=O) groups is 2. The Kier molecular flexibility index (Phi) is 5.25. The van der Waals surface area contributed by atoms with E-state index in [-0.39, 0.29) is 18.5 Å². The van der Waals surface area contributed by atoms with Gasteiger partial charge < -0.3 is 14.7 Å². The fourth-order valence-corrected chi connectivity index (χ4v) is 1.57. The van der Waals surface area contributed by atoms with Crippen LogP contribution in [0.3, 0.4) is 0 Å². The van der Waals surface area contributed by atoms with E-state index in [1.165, 1.54) is 4.90 Å². The van der Waals surface area contributed by atoms with E-state index in [1.54, 1.807) is 0 Å². The molecule has 0 unspecified atom stereocenters. The summed E-state index contributed by atoms with van der Waals surface area (Å²) < 4.78 is 5.13. The highest BCUT2D eigenvalue weighted by Crippen LogP contribution is 2.27. The quantitative estimate of drug-likeness (QED) is 0.627. The second-order valence-electron chi connectivity index (χ2n) is 3.95. The first kappa shape index (κ1) is 13.0. The number of amides is 1. The van der Waals surface area contributed by atoms with Crippen LogP contribution in [0.25, 0.3) is 0 Å². The van der Waals surface area contributed by atoms with Gasteiger partial charge in [0.25, 0.3) is 0 Å². The minimum Gasteiger partial charge on any atom is -0.480 e. The summed E-state index contributed by atoms with van der Waals surface area (Å²) in [4.78, 5) is 23.8. The van der Waals surface area contributed by atoms with E-state index in [4.69, 9.17) is 9.84 Å². The molecular formula is C11H19NO4. The van der Waals surface area contributed by atoms with Gasteiger partial charge in [-0.25, -0.2) is 0 Å². The molecule has 0 radical (unpaired) electrons. The van der Waals surface area contributed by atoms with Crippen LogP contribution < -0.4 is 0 Å². The molecule has 16 heavy (non-hydrogen) atoms. The van der Waals surface area contributed by atoms with Gasteiger partial charge in [0.1, 0.15) is 6.54 Å². The maximum absolute atomic E-state index is 11.7. The highest BCUT2D eigenvalue weighted by Gasteiger charge is 2.33. The molecule has 0 aromatic carbocycles. The molecule has 1 aliphatic rings. The maximum atomic E-state index is 11.7. The molecule has 5 nitrogen and oxygen atoms in total. The van der Waals surface area contributed by atoms with Gasteiger partial charge >= 0.3 is 5.97 Å². The number of carboxylic acids is 1. The number of ether oxygens (including phenoxy) is 1. The zero-order valence-corrected chi connectivity index (χ0v) is 9.65. The molecule has 0 aliphatic heterocycles. The van der Waals surface area contributed by atoms with Crippen LogP contribution in [-0.4, -0.2) is 47.7 Å². The Morgan fingerprint density at radius 2 is 2.12 bits per heavy atom. The van der Waals surface area contributed by atoms with Crippen LogP contribution >= 0.6 is 0 Å². The van der Waals surface area contributed by atoms with Gasteiger partial charge in [0.15, 0.2) is 0 Å². The lowest BCUT2D eigenvalue weighted by Gasteiger charge is -2.20. The molecule has 1 N–H and O–H groups in total. The van der Waals surface area contributed by atoms with Crippen LogP contribution in [0.2, 0.25) is 0 Å². The third kappa shape index (κ3) is 4.61. The molecule has 0 bridgehead atoms. The number of rotatable bonds is 8. The van der Waals surface area contributed by atoms with Crippen molar-refractivity contribution < 1.29 is 19.4 Å². The summed E-state index contributed by atoms with van der Waals surface area (Å²) >= 11 is 0. The van der Waals surface area contributed by atoms with Crippen LogP contribution in [0.5, 0.6) is 0 Å². The van der Waals surface area contributed by atoms with E-state index in [2.05, 4.69) is 0 Å². The van der Waals surface area contributed by atoms with Crippen LogP contribution in [0, 0.1) is 0 Å². The van der Waals surface area contributed by atoms with E-state index < -0.39 is 5.97 Å². The molecule has 0 heterocycles. The molecule has 1 rings (SSSR count). The topological polar surface area (TPSA) is 66.8 Å². The molecular weight excluding hydrogens is 210 g/mol. The van der Waals surface area contributed by atoms with E-state index in [9.17, 15) is 9.59 Å². The first-order chi connectivity index (χ1) is 7.65. The van der Waals surface area contributed by atoms with E-state index in [0.717, 1.165) is 12.8 Å². The van der Waals surface area contributed by atoms with Crippen LogP contribution in [0.1, 0.15) is 32.6 Å². The first-order valence-electron chi connectivity index (χ1n) is 5.74. The Hall–Kier alpha value is -1.10. The summed E-state index contributed by atoms with van der Waals surface area (Å²) in [6.45, 7) is 2.95. The molecule has 1 amide bonds. The summed E-state index contributed by atoms with van der Waals surface area (Å²) in [5, 5.41) is 8.70. The predicted molar refractivity (Wildman–Crippen MR) is 58.1 cm³/mol. The lowest BCUT2D eigenvalue weighted by molar-refractivity contribution is -0.145. The normalized spacial score (nSPS) is 14.8. The Morgan fingerprint density at radius 3 is 2.62 bits per heavy atom. The number of hydrogen-bond acceptors (Lipinski definition) is 3. The number of carbonyl (C=O) groups excluding carboxylic acids is 1. The highest BCUT2D eigenvalue weighted by molar-refractivity contribution is 5.81. The Bertz CT molecular complexity index is 250. The van der Waals surface area contributed by atoms with Crippen LogP contribution in [0.15, 0.2) is 0 Å². The molecule has 92 valence electrons. The Balaban J connectivity index is 2.27. The third-order valence-corrected chi connectivity index (χ3v) is 2.50. The van der Waals surface area contributed by atoms with Gasteiger partial charge in [-0.05, 0) is 26.2 Å². The van der Waals surface area contributed by atoms with Gasteiger partial charge in [0.05, 0.1) is 0 Å². The summed E-state index contributed by atoms with van der Waals surface area (Å²) in [5.74, 6) is -1.00.